The number of rotatable bonds is 3. The number of nitro groups is 1. The number of nitrogens with two attached hydrogens (primary N) is 1. The maximum absolute atomic E-state index is 11.7. The summed E-state index contributed by atoms with van der Waals surface area (Å²) in [5.74, 6) is -0.945. The third-order valence-corrected chi connectivity index (χ3v) is 3.91. The fourth-order valence-corrected chi connectivity index (χ4v) is 2.88. The molecule has 6 nitrogen and oxygen atoms in total. The van der Waals surface area contributed by atoms with Crippen molar-refractivity contribution in [2.45, 2.75) is 37.5 Å². The quantitative estimate of drug-likeness (QED) is 0.495. The number of aliphatic carboxylic acids is 1. The van der Waals surface area contributed by atoms with Gasteiger partial charge < -0.3 is 10.8 Å². The highest BCUT2D eigenvalue weighted by molar-refractivity contribution is 5.85. The highest BCUT2D eigenvalue weighted by Crippen LogP contribution is 2.44. The summed E-state index contributed by atoms with van der Waals surface area (Å²) >= 11 is 0. The molecule has 1 aliphatic rings. The number of carboxylic acid groups (broad SMARTS) is 1. The second-order valence-corrected chi connectivity index (χ2v) is 4.94. The molecule has 0 spiro atoms. The van der Waals surface area contributed by atoms with Crippen molar-refractivity contribution >= 4 is 17.3 Å². The number of nitrogens with zero attached hydrogens (tertiary/aromatic N) is 1. The molecule has 102 valence electrons. The zero-order valence-electron chi connectivity index (χ0n) is 10.5. The van der Waals surface area contributed by atoms with Gasteiger partial charge in [-0.2, -0.15) is 0 Å². The molecule has 0 heterocycles. The second kappa shape index (κ2) is 4.87. The van der Waals surface area contributed by atoms with Gasteiger partial charge >= 0.3 is 5.97 Å². The van der Waals surface area contributed by atoms with Crippen LogP contribution in [0.15, 0.2) is 18.2 Å². The van der Waals surface area contributed by atoms with Crippen LogP contribution in [-0.4, -0.2) is 16.0 Å². The molecular formula is C13H16N2O4. The van der Waals surface area contributed by atoms with Crippen LogP contribution in [0.25, 0.3) is 0 Å². The number of benzene rings is 1. The van der Waals surface area contributed by atoms with E-state index >= 15 is 0 Å². The van der Waals surface area contributed by atoms with Gasteiger partial charge in [0, 0.05) is 6.07 Å². The van der Waals surface area contributed by atoms with Gasteiger partial charge in [0.1, 0.15) is 5.69 Å². The number of para-hydroxylation sites is 1. The fraction of sp³-hybridized carbons (Fsp3) is 0.462. The molecule has 6 heteroatoms. The van der Waals surface area contributed by atoms with E-state index in [2.05, 4.69) is 0 Å². The number of nitro benzene ring substituents is 1. The first-order valence-corrected chi connectivity index (χ1v) is 6.26. The van der Waals surface area contributed by atoms with E-state index in [1.165, 1.54) is 12.1 Å². The SMILES string of the molecule is Nc1c([N+](=O)[O-])cccc1C1(C(=O)O)CCCCC1. The van der Waals surface area contributed by atoms with Crippen molar-refractivity contribution in [2.24, 2.45) is 0 Å². The molecule has 0 amide bonds. The molecule has 0 radical (unpaired) electrons. The Kier molecular flexibility index (Phi) is 3.42. The summed E-state index contributed by atoms with van der Waals surface area (Å²) in [7, 11) is 0. The Hall–Kier alpha value is -2.11. The van der Waals surface area contributed by atoms with Crippen molar-refractivity contribution in [2.75, 3.05) is 5.73 Å². The van der Waals surface area contributed by atoms with Gasteiger partial charge in [-0.25, -0.2) is 0 Å². The molecule has 19 heavy (non-hydrogen) atoms. The predicted molar refractivity (Wildman–Crippen MR) is 69.9 cm³/mol. The van der Waals surface area contributed by atoms with E-state index in [1.54, 1.807) is 6.07 Å². The van der Waals surface area contributed by atoms with Crippen molar-refractivity contribution in [3.63, 3.8) is 0 Å². The van der Waals surface area contributed by atoms with Gasteiger partial charge in [0.15, 0.2) is 0 Å². The van der Waals surface area contributed by atoms with Crippen LogP contribution in [0.1, 0.15) is 37.7 Å². The molecule has 1 aliphatic carbocycles. The normalized spacial score (nSPS) is 17.9. The molecule has 1 aromatic carbocycles. The summed E-state index contributed by atoms with van der Waals surface area (Å²) in [5, 5.41) is 20.5. The molecule has 0 unspecified atom stereocenters. The molecule has 1 fully saturated rings. The molecule has 0 aromatic heterocycles. The monoisotopic (exact) mass is 264 g/mol. The van der Waals surface area contributed by atoms with Gasteiger partial charge in [-0.1, -0.05) is 31.4 Å². The third-order valence-electron chi connectivity index (χ3n) is 3.91. The Morgan fingerprint density at radius 1 is 1.32 bits per heavy atom. The minimum Gasteiger partial charge on any atom is -0.481 e. The van der Waals surface area contributed by atoms with E-state index in [9.17, 15) is 20.0 Å². The summed E-state index contributed by atoms with van der Waals surface area (Å²) in [6.45, 7) is 0. The van der Waals surface area contributed by atoms with Gasteiger partial charge in [-0.3, -0.25) is 14.9 Å². The highest BCUT2D eigenvalue weighted by Gasteiger charge is 2.43. The van der Waals surface area contributed by atoms with Crippen molar-refractivity contribution in [3.8, 4) is 0 Å². The van der Waals surface area contributed by atoms with Crippen LogP contribution >= 0.6 is 0 Å². The van der Waals surface area contributed by atoms with Crippen LogP contribution in [0.4, 0.5) is 11.4 Å². The lowest BCUT2D eigenvalue weighted by molar-refractivity contribution is -0.384. The van der Waals surface area contributed by atoms with Crippen LogP contribution in [0.5, 0.6) is 0 Å². The van der Waals surface area contributed by atoms with Crippen LogP contribution in [0, 0.1) is 10.1 Å². The van der Waals surface area contributed by atoms with Gasteiger partial charge in [-0.15, -0.1) is 0 Å². The Bertz CT molecular complexity index is 521. The molecular weight excluding hydrogens is 248 g/mol. The lowest BCUT2D eigenvalue weighted by Gasteiger charge is -2.34. The lowest BCUT2D eigenvalue weighted by Crippen LogP contribution is -2.38. The van der Waals surface area contributed by atoms with Crippen LogP contribution in [-0.2, 0) is 10.2 Å². The standard InChI is InChI=1S/C13H16N2O4/c14-11-9(5-4-6-10(11)15(18)19)13(12(16)17)7-2-1-3-8-13/h4-6H,1-3,7-8,14H2,(H,16,17). The largest absolute Gasteiger partial charge is 0.481 e. The second-order valence-electron chi connectivity index (χ2n) is 4.94. The average Bonchev–Trinajstić information content (AvgIpc) is 2.39. The molecule has 0 saturated heterocycles. The number of hydrogen-bond donors (Lipinski definition) is 2. The Morgan fingerprint density at radius 2 is 1.95 bits per heavy atom. The third kappa shape index (κ3) is 2.14. The molecule has 1 saturated carbocycles. The van der Waals surface area contributed by atoms with Gasteiger partial charge in [0.25, 0.3) is 5.69 Å². The van der Waals surface area contributed by atoms with Crippen LogP contribution < -0.4 is 5.73 Å². The number of carboxylic acids is 1. The van der Waals surface area contributed by atoms with E-state index in [-0.39, 0.29) is 11.4 Å². The van der Waals surface area contributed by atoms with E-state index in [0.717, 1.165) is 19.3 Å². The minimum atomic E-state index is -1.08. The van der Waals surface area contributed by atoms with Gasteiger partial charge in [-0.05, 0) is 18.4 Å². The summed E-state index contributed by atoms with van der Waals surface area (Å²) in [5.41, 5.74) is 4.91. The number of hydrogen-bond acceptors (Lipinski definition) is 4. The Morgan fingerprint density at radius 3 is 2.47 bits per heavy atom. The molecule has 0 atom stereocenters. The number of nitrogen functional groups attached to an aromatic ring is 1. The molecule has 0 aliphatic heterocycles. The van der Waals surface area contributed by atoms with E-state index in [0.29, 0.717) is 18.4 Å². The van der Waals surface area contributed by atoms with E-state index < -0.39 is 16.3 Å². The Labute approximate surface area is 110 Å². The predicted octanol–water partition coefficient (Wildman–Crippen LogP) is 2.46. The fourth-order valence-electron chi connectivity index (χ4n) is 2.88. The zero-order chi connectivity index (χ0) is 14.0. The van der Waals surface area contributed by atoms with E-state index in [1.807, 2.05) is 0 Å². The van der Waals surface area contributed by atoms with E-state index in [4.69, 9.17) is 5.73 Å². The van der Waals surface area contributed by atoms with Crippen molar-refractivity contribution < 1.29 is 14.8 Å². The summed E-state index contributed by atoms with van der Waals surface area (Å²) in [6.07, 6.45) is 3.55. The first kappa shape index (κ1) is 13.3. The first-order valence-electron chi connectivity index (χ1n) is 6.26. The summed E-state index contributed by atoms with van der Waals surface area (Å²) in [4.78, 5) is 22.0. The topological polar surface area (TPSA) is 106 Å². The smallest absolute Gasteiger partial charge is 0.314 e. The Balaban J connectivity index is 2.57. The van der Waals surface area contributed by atoms with Gasteiger partial charge in [0.05, 0.1) is 10.3 Å². The molecule has 1 aromatic rings. The van der Waals surface area contributed by atoms with Crippen LogP contribution in [0.3, 0.4) is 0 Å². The minimum absolute atomic E-state index is 0.0169. The zero-order valence-corrected chi connectivity index (χ0v) is 10.5. The maximum atomic E-state index is 11.7. The van der Waals surface area contributed by atoms with Crippen molar-refractivity contribution in [1.82, 2.24) is 0 Å². The van der Waals surface area contributed by atoms with Crippen molar-refractivity contribution in [1.29, 1.82) is 0 Å². The van der Waals surface area contributed by atoms with Gasteiger partial charge in [0.2, 0.25) is 0 Å². The number of carbonyl (C=O) groups is 1. The average molecular weight is 264 g/mol. The first-order chi connectivity index (χ1) is 8.99. The molecule has 0 bridgehead atoms. The summed E-state index contributed by atoms with van der Waals surface area (Å²) in [6, 6.07) is 4.40. The highest BCUT2D eigenvalue weighted by atomic mass is 16.6. The van der Waals surface area contributed by atoms with Crippen molar-refractivity contribution in [3.05, 3.63) is 33.9 Å². The molecule has 3 N–H and O–H groups in total. The summed E-state index contributed by atoms with van der Waals surface area (Å²) < 4.78 is 0. The maximum Gasteiger partial charge on any atom is 0.314 e. The van der Waals surface area contributed by atoms with Crippen LogP contribution in [0.2, 0.25) is 0 Å². The number of anilines is 1. The molecule has 2 rings (SSSR count). The lowest BCUT2D eigenvalue weighted by atomic mass is 9.69.